The van der Waals surface area contributed by atoms with Gasteiger partial charge in [0, 0.05) is 21.5 Å². The molecule has 3 rings (SSSR count). The summed E-state index contributed by atoms with van der Waals surface area (Å²) in [5.74, 6) is 0.122. The number of aliphatic hydroxyl groups excluding tert-OH is 1. The number of rotatable bonds is 2. The van der Waals surface area contributed by atoms with E-state index in [-0.39, 0.29) is 5.92 Å². The fraction of sp³-hybridized carbons (Fsp3) is 0.200. The topological polar surface area (TPSA) is 20.2 Å². The highest BCUT2D eigenvalue weighted by Crippen LogP contribution is 2.45. The molecule has 1 N–H and O–H groups in total. The summed E-state index contributed by atoms with van der Waals surface area (Å²) in [5.41, 5.74) is 3.23. The summed E-state index contributed by atoms with van der Waals surface area (Å²) in [4.78, 5) is 0. The Kier molecular flexibility index (Phi) is 3.06. The van der Waals surface area contributed by atoms with Crippen molar-refractivity contribution in [2.75, 3.05) is 0 Å². The molecular weight excluding hydrogens is 267 g/mol. The summed E-state index contributed by atoms with van der Waals surface area (Å²) >= 11 is 12.1. The smallest absolute Gasteiger partial charge is 0.0876 e. The molecule has 18 heavy (non-hydrogen) atoms. The van der Waals surface area contributed by atoms with Crippen LogP contribution in [0.25, 0.3) is 0 Å². The monoisotopic (exact) mass is 278 g/mol. The molecule has 2 aromatic carbocycles. The van der Waals surface area contributed by atoms with Gasteiger partial charge in [-0.1, -0.05) is 47.5 Å². The number of hydrogen-bond acceptors (Lipinski definition) is 1. The lowest BCUT2D eigenvalue weighted by Crippen LogP contribution is -2.23. The summed E-state index contributed by atoms with van der Waals surface area (Å²) in [6.45, 7) is 0. The van der Waals surface area contributed by atoms with Crippen LogP contribution in [0, 0.1) is 0 Å². The second kappa shape index (κ2) is 4.58. The van der Waals surface area contributed by atoms with E-state index in [0.717, 1.165) is 6.42 Å². The van der Waals surface area contributed by atoms with E-state index in [9.17, 15) is 5.11 Å². The number of fused-ring (bicyclic) bond motifs is 1. The molecule has 0 amide bonds. The van der Waals surface area contributed by atoms with Gasteiger partial charge in [-0.25, -0.2) is 0 Å². The average Bonchev–Trinajstić information content (AvgIpc) is 2.33. The molecule has 2 unspecified atom stereocenters. The zero-order chi connectivity index (χ0) is 12.7. The zero-order valence-corrected chi connectivity index (χ0v) is 11.1. The first-order valence-electron chi connectivity index (χ1n) is 5.87. The van der Waals surface area contributed by atoms with Crippen molar-refractivity contribution in [1.82, 2.24) is 0 Å². The molecule has 0 bridgehead atoms. The molecule has 1 nitrogen and oxygen atoms in total. The summed E-state index contributed by atoms with van der Waals surface area (Å²) < 4.78 is 0. The normalized spacial score (nSPS) is 18.9. The van der Waals surface area contributed by atoms with Crippen LogP contribution < -0.4 is 0 Å². The van der Waals surface area contributed by atoms with Crippen LogP contribution in [0.3, 0.4) is 0 Å². The Morgan fingerprint density at radius 1 is 1.11 bits per heavy atom. The molecule has 92 valence electrons. The minimum Gasteiger partial charge on any atom is -0.388 e. The molecule has 0 fully saturated rings. The van der Waals surface area contributed by atoms with E-state index in [0.29, 0.717) is 15.6 Å². The Morgan fingerprint density at radius 3 is 2.67 bits per heavy atom. The maximum atomic E-state index is 10.4. The Hall–Kier alpha value is -1.02. The van der Waals surface area contributed by atoms with Crippen molar-refractivity contribution in [2.45, 2.75) is 18.4 Å². The Balaban J connectivity index is 1.93. The van der Waals surface area contributed by atoms with Crippen molar-refractivity contribution in [1.29, 1.82) is 0 Å². The first kappa shape index (κ1) is 12.0. The Labute approximate surface area is 116 Å². The molecule has 0 aliphatic heterocycles. The predicted octanol–water partition coefficient (Wildman–Crippen LogP) is 4.37. The lowest BCUT2D eigenvalue weighted by Gasteiger charge is -2.34. The highest BCUT2D eigenvalue weighted by atomic mass is 35.5. The van der Waals surface area contributed by atoms with Crippen LogP contribution in [0.5, 0.6) is 0 Å². The van der Waals surface area contributed by atoms with Gasteiger partial charge in [0.1, 0.15) is 0 Å². The van der Waals surface area contributed by atoms with Crippen molar-refractivity contribution in [3.63, 3.8) is 0 Å². The van der Waals surface area contributed by atoms with Gasteiger partial charge >= 0.3 is 0 Å². The standard InChI is InChI=1S/C15H12Cl2O/c16-10-5-6-14(17)13(8-10)15(18)12-7-9-3-1-2-4-11(9)12/h1-6,8,12,15,18H,7H2. The number of halogens is 2. The molecular formula is C15H12Cl2O. The summed E-state index contributed by atoms with van der Waals surface area (Å²) in [6.07, 6.45) is 0.297. The molecule has 0 saturated heterocycles. The van der Waals surface area contributed by atoms with Crippen LogP contribution in [0.4, 0.5) is 0 Å². The third-order valence-corrected chi connectivity index (χ3v) is 4.13. The van der Waals surface area contributed by atoms with E-state index in [1.807, 2.05) is 12.1 Å². The quantitative estimate of drug-likeness (QED) is 0.865. The van der Waals surface area contributed by atoms with Gasteiger partial charge in [0.25, 0.3) is 0 Å². The zero-order valence-electron chi connectivity index (χ0n) is 9.61. The van der Waals surface area contributed by atoms with E-state index < -0.39 is 6.10 Å². The van der Waals surface area contributed by atoms with E-state index in [4.69, 9.17) is 23.2 Å². The van der Waals surface area contributed by atoms with E-state index in [2.05, 4.69) is 12.1 Å². The third kappa shape index (κ3) is 1.93. The SMILES string of the molecule is OC(c1cc(Cl)ccc1Cl)C1Cc2ccccc21. The van der Waals surface area contributed by atoms with Crippen molar-refractivity contribution in [2.24, 2.45) is 0 Å². The number of benzene rings is 2. The summed E-state index contributed by atoms with van der Waals surface area (Å²) in [5, 5.41) is 11.6. The fourth-order valence-electron chi connectivity index (χ4n) is 2.54. The highest BCUT2D eigenvalue weighted by molar-refractivity contribution is 6.33. The lowest BCUT2D eigenvalue weighted by atomic mass is 9.73. The number of aliphatic hydroxyl groups is 1. The van der Waals surface area contributed by atoms with Crippen molar-refractivity contribution >= 4 is 23.2 Å². The molecule has 0 radical (unpaired) electrons. The second-order valence-electron chi connectivity index (χ2n) is 4.62. The van der Waals surface area contributed by atoms with Crippen LogP contribution in [-0.4, -0.2) is 5.11 Å². The summed E-state index contributed by atoms with van der Waals surface area (Å²) in [6, 6.07) is 13.4. The molecule has 1 aliphatic carbocycles. The average molecular weight is 279 g/mol. The van der Waals surface area contributed by atoms with Gasteiger partial charge in [-0.3, -0.25) is 0 Å². The fourth-order valence-corrected chi connectivity index (χ4v) is 2.95. The van der Waals surface area contributed by atoms with Crippen LogP contribution in [0.2, 0.25) is 10.0 Å². The predicted molar refractivity (Wildman–Crippen MR) is 74.3 cm³/mol. The molecule has 0 spiro atoms. The molecule has 0 aromatic heterocycles. The van der Waals surface area contributed by atoms with Gasteiger partial charge in [-0.05, 0) is 35.7 Å². The Bertz CT molecular complexity index is 595. The largest absolute Gasteiger partial charge is 0.388 e. The molecule has 0 saturated carbocycles. The molecule has 3 heteroatoms. The third-order valence-electron chi connectivity index (χ3n) is 3.55. The van der Waals surface area contributed by atoms with Crippen LogP contribution in [0.15, 0.2) is 42.5 Å². The van der Waals surface area contributed by atoms with Crippen LogP contribution >= 0.6 is 23.2 Å². The van der Waals surface area contributed by atoms with Gasteiger partial charge in [-0.15, -0.1) is 0 Å². The van der Waals surface area contributed by atoms with E-state index >= 15 is 0 Å². The first-order chi connectivity index (χ1) is 8.66. The molecule has 2 atom stereocenters. The van der Waals surface area contributed by atoms with Crippen LogP contribution in [-0.2, 0) is 6.42 Å². The lowest BCUT2D eigenvalue weighted by molar-refractivity contribution is 0.134. The molecule has 2 aromatic rings. The minimum absolute atomic E-state index is 0.122. The van der Waals surface area contributed by atoms with E-state index in [1.165, 1.54) is 11.1 Å². The van der Waals surface area contributed by atoms with Gasteiger partial charge in [0.15, 0.2) is 0 Å². The highest BCUT2D eigenvalue weighted by Gasteiger charge is 2.33. The number of hydrogen-bond donors (Lipinski definition) is 1. The van der Waals surface area contributed by atoms with Gasteiger partial charge in [-0.2, -0.15) is 0 Å². The maximum absolute atomic E-state index is 10.4. The maximum Gasteiger partial charge on any atom is 0.0876 e. The second-order valence-corrected chi connectivity index (χ2v) is 5.46. The minimum atomic E-state index is -0.592. The van der Waals surface area contributed by atoms with Gasteiger partial charge in [0.05, 0.1) is 6.10 Å². The molecule has 1 aliphatic rings. The van der Waals surface area contributed by atoms with Crippen LogP contribution in [0.1, 0.15) is 28.7 Å². The van der Waals surface area contributed by atoms with Crippen molar-refractivity contribution in [3.8, 4) is 0 Å². The molecule has 0 heterocycles. The van der Waals surface area contributed by atoms with Gasteiger partial charge < -0.3 is 5.11 Å². The van der Waals surface area contributed by atoms with Crippen molar-refractivity contribution in [3.05, 3.63) is 69.2 Å². The summed E-state index contributed by atoms with van der Waals surface area (Å²) in [7, 11) is 0. The first-order valence-corrected chi connectivity index (χ1v) is 6.63. The van der Waals surface area contributed by atoms with E-state index in [1.54, 1.807) is 18.2 Å². The van der Waals surface area contributed by atoms with Gasteiger partial charge in [0.2, 0.25) is 0 Å². The van der Waals surface area contributed by atoms with Crippen molar-refractivity contribution < 1.29 is 5.11 Å². The Morgan fingerprint density at radius 2 is 1.89 bits per heavy atom.